The van der Waals surface area contributed by atoms with Gasteiger partial charge in [0, 0.05) is 28.6 Å². The Morgan fingerprint density at radius 3 is 2.74 bits per heavy atom. The van der Waals surface area contributed by atoms with Gasteiger partial charge < -0.3 is 14.6 Å². The van der Waals surface area contributed by atoms with Gasteiger partial charge in [-0.05, 0) is 12.1 Å². The second-order valence-electron chi connectivity index (χ2n) is 4.41. The van der Waals surface area contributed by atoms with E-state index in [0.29, 0.717) is 29.7 Å². The van der Waals surface area contributed by atoms with Gasteiger partial charge in [-0.2, -0.15) is 0 Å². The van der Waals surface area contributed by atoms with Crippen molar-refractivity contribution >= 4 is 56.1 Å². The van der Waals surface area contributed by atoms with Gasteiger partial charge in [0.1, 0.15) is 0 Å². The summed E-state index contributed by atoms with van der Waals surface area (Å²) in [7, 11) is 0. The molecule has 0 atom stereocenters. The van der Waals surface area contributed by atoms with Crippen molar-refractivity contribution in [2.24, 2.45) is 0 Å². The van der Waals surface area contributed by atoms with E-state index in [1.165, 1.54) is 4.90 Å². The number of rotatable bonds is 0. The van der Waals surface area contributed by atoms with Crippen LogP contribution in [0.1, 0.15) is 5.69 Å². The molecule has 0 saturated heterocycles. The average Bonchev–Trinajstić information content (AvgIpc) is 2.75. The minimum Gasteiger partial charge on any atom is -0.465 e. The molecule has 1 aliphatic rings. The molecule has 100 valence electrons. The van der Waals surface area contributed by atoms with Crippen molar-refractivity contribution in [1.82, 2.24) is 9.47 Å². The van der Waals surface area contributed by atoms with Crippen molar-refractivity contribution in [2.75, 3.05) is 6.54 Å². The molecule has 1 aliphatic heterocycles. The highest BCUT2D eigenvalue weighted by molar-refractivity contribution is 9.10. The van der Waals surface area contributed by atoms with Crippen molar-refractivity contribution in [2.45, 2.75) is 13.1 Å². The molecule has 19 heavy (non-hydrogen) atoms. The van der Waals surface area contributed by atoms with Crippen LogP contribution in [0.2, 0.25) is 10.0 Å². The molecule has 0 fully saturated rings. The van der Waals surface area contributed by atoms with Crippen LogP contribution in [0.5, 0.6) is 0 Å². The predicted octanol–water partition coefficient (Wildman–Crippen LogP) is 4.20. The van der Waals surface area contributed by atoms with Gasteiger partial charge in [0.2, 0.25) is 0 Å². The van der Waals surface area contributed by atoms with Crippen LogP contribution < -0.4 is 0 Å². The summed E-state index contributed by atoms with van der Waals surface area (Å²) in [6.45, 7) is 1.40. The van der Waals surface area contributed by atoms with Gasteiger partial charge in [0.25, 0.3) is 0 Å². The lowest BCUT2D eigenvalue weighted by Gasteiger charge is -2.26. The number of carbonyl (C=O) groups is 1. The van der Waals surface area contributed by atoms with E-state index in [2.05, 4.69) is 15.9 Å². The molecule has 1 N–H and O–H groups in total. The molecule has 0 aliphatic carbocycles. The fraction of sp³-hybridized carbons (Fsp3) is 0.250. The van der Waals surface area contributed by atoms with Crippen LogP contribution in [0.25, 0.3) is 10.9 Å². The van der Waals surface area contributed by atoms with E-state index in [4.69, 9.17) is 28.3 Å². The molecule has 7 heteroatoms. The maximum Gasteiger partial charge on any atom is 0.407 e. The van der Waals surface area contributed by atoms with E-state index in [9.17, 15) is 4.79 Å². The SMILES string of the molecule is O=C(O)N1CCn2c(cc3c(Br)cc(Cl)c(Cl)c32)C1. The van der Waals surface area contributed by atoms with E-state index in [0.717, 1.165) is 21.1 Å². The fourth-order valence-electron chi connectivity index (χ4n) is 2.43. The Morgan fingerprint density at radius 1 is 1.32 bits per heavy atom. The third-order valence-electron chi connectivity index (χ3n) is 3.33. The zero-order chi connectivity index (χ0) is 13.7. The minimum atomic E-state index is -0.903. The molecule has 1 amide bonds. The zero-order valence-corrected chi connectivity index (χ0v) is 12.8. The number of hydrogen-bond donors (Lipinski definition) is 1. The largest absolute Gasteiger partial charge is 0.465 e. The van der Waals surface area contributed by atoms with E-state index in [1.54, 1.807) is 6.07 Å². The lowest BCUT2D eigenvalue weighted by molar-refractivity contribution is 0.133. The molecule has 0 bridgehead atoms. The Labute approximate surface area is 127 Å². The molecule has 1 aromatic heterocycles. The van der Waals surface area contributed by atoms with Crippen LogP contribution in [0, 0.1) is 0 Å². The molecular formula is C12H9BrCl2N2O2. The highest BCUT2D eigenvalue weighted by atomic mass is 79.9. The first-order chi connectivity index (χ1) is 8.99. The Bertz CT molecular complexity index is 699. The van der Waals surface area contributed by atoms with Crippen LogP contribution in [-0.4, -0.2) is 27.2 Å². The Hall–Kier alpha value is -0.910. The molecule has 3 rings (SSSR count). The topological polar surface area (TPSA) is 45.5 Å². The number of hydrogen-bond acceptors (Lipinski definition) is 1. The second kappa shape index (κ2) is 4.58. The molecule has 0 spiro atoms. The van der Waals surface area contributed by atoms with Crippen molar-refractivity contribution in [1.29, 1.82) is 0 Å². The van der Waals surface area contributed by atoms with Crippen LogP contribution in [0.3, 0.4) is 0 Å². The molecule has 1 aromatic carbocycles. The first-order valence-electron chi connectivity index (χ1n) is 5.62. The number of amides is 1. The summed E-state index contributed by atoms with van der Waals surface area (Å²) in [6, 6.07) is 3.71. The van der Waals surface area contributed by atoms with E-state index >= 15 is 0 Å². The Balaban J connectivity index is 2.22. The van der Waals surface area contributed by atoms with Crippen molar-refractivity contribution in [3.63, 3.8) is 0 Å². The lowest BCUT2D eigenvalue weighted by Crippen LogP contribution is -2.36. The number of fused-ring (bicyclic) bond motifs is 3. The zero-order valence-electron chi connectivity index (χ0n) is 9.66. The minimum absolute atomic E-state index is 0.365. The first-order valence-corrected chi connectivity index (χ1v) is 7.17. The maximum absolute atomic E-state index is 11.0. The van der Waals surface area contributed by atoms with Gasteiger partial charge in [-0.25, -0.2) is 4.79 Å². The first kappa shape index (κ1) is 13.1. The van der Waals surface area contributed by atoms with Gasteiger partial charge in [-0.3, -0.25) is 0 Å². The molecular weight excluding hydrogens is 355 g/mol. The third kappa shape index (κ3) is 2.00. The number of nitrogens with zero attached hydrogens (tertiary/aromatic N) is 2. The van der Waals surface area contributed by atoms with E-state index < -0.39 is 6.09 Å². The smallest absolute Gasteiger partial charge is 0.407 e. The highest BCUT2D eigenvalue weighted by Gasteiger charge is 2.24. The number of benzene rings is 1. The standard InChI is InChI=1S/C12H9BrCl2N2O2/c13-8-4-9(14)10(15)11-7(8)3-6-5-16(12(18)19)1-2-17(6)11/h3-4H,1-2,5H2,(H,18,19). The van der Waals surface area contributed by atoms with E-state index in [1.807, 2.05) is 10.6 Å². The second-order valence-corrected chi connectivity index (χ2v) is 6.05. The summed E-state index contributed by atoms with van der Waals surface area (Å²) in [5, 5.41) is 11.0. The molecule has 2 aromatic rings. The summed E-state index contributed by atoms with van der Waals surface area (Å²) < 4.78 is 2.90. The predicted molar refractivity (Wildman–Crippen MR) is 78.1 cm³/mol. The number of aromatic nitrogens is 1. The average molecular weight is 364 g/mol. The van der Waals surface area contributed by atoms with Crippen LogP contribution >= 0.6 is 39.1 Å². The Morgan fingerprint density at radius 2 is 2.05 bits per heavy atom. The highest BCUT2D eigenvalue weighted by Crippen LogP contribution is 2.39. The number of halogens is 3. The quantitative estimate of drug-likeness (QED) is 0.713. The van der Waals surface area contributed by atoms with Crippen LogP contribution in [0.15, 0.2) is 16.6 Å². The summed E-state index contributed by atoms with van der Waals surface area (Å²) in [5.41, 5.74) is 1.79. The lowest BCUT2D eigenvalue weighted by atomic mass is 10.2. The molecule has 2 heterocycles. The maximum atomic E-state index is 11.0. The van der Waals surface area contributed by atoms with E-state index in [-0.39, 0.29) is 0 Å². The van der Waals surface area contributed by atoms with Crippen LogP contribution in [-0.2, 0) is 13.1 Å². The summed E-state index contributed by atoms with van der Waals surface area (Å²) in [4.78, 5) is 12.4. The van der Waals surface area contributed by atoms with Crippen molar-refractivity contribution < 1.29 is 9.90 Å². The summed E-state index contributed by atoms with van der Waals surface area (Å²) in [5.74, 6) is 0. The van der Waals surface area contributed by atoms with Gasteiger partial charge >= 0.3 is 6.09 Å². The van der Waals surface area contributed by atoms with Crippen LogP contribution in [0.4, 0.5) is 4.79 Å². The van der Waals surface area contributed by atoms with Gasteiger partial charge in [0.05, 0.1) is 22.1 Å². The van der Waals surface area contributed by atoms with Crippen molar-refractivity contribution in [3.8, 4) is 0 Å². The Kier molecular flexibility index (Phi) is 3.15. The molecule has 0 unspecified atom stereocenters. The summed E-state index contributed by atoms with van der Waals surface area (Å²) >= 11 is 15.8. The number of carboxylic acid groups (broad SMARTS) is 1. The normalized spacial score (nSPS) is 14.8. The molecule has 0 saturated carbocycles. The van der Waals surface area contributed by atoms with Crippen molar-refractivity contribution in [3.05, 3.63) is 32.3 Å². The molecule has 4 nitrogen and oxygen atoms in total. The summed E-state index contributed by atoms with van der Waals surface area (Å²) in [6.07, 6.45) is -0.903. The molecule has 0 radical (unpaired) electrons. The van der Waals surface area contributed by atoms with Gasteiger partial charge in [-0.1, -0.05) is 39.1 Å². The van der Waals surface area contributed by atoms with Gasteiger partial charge in [-0.15, -0.1) is 0 Å². The monoisotopic (exact) mass is 362 g/mol. The third-order valence-corrected chi connectivity index (χ3v) is 4.76. The fourth-order valence-corrected chi connectivity index (χ4v) is 3.55. The van der Waals surface area contributed by atoms with Gasteiger partial charge in [0.15, 0.2) is 0 Å².